The highest BCUT2D eigenvalue weighted by Gasteiger charge is 2.51. The Morgan fingerprint density at radius 1 is 0.774 bits per heavy atom. The molecule has 1 saturated heterocycles. The van der Waals surface area contributed by atoms with Gasteiger partial charge in [0.15, 0.2) is 17.5 Å². The molecule has 12 nitrogen and oxygen atoms in total. The van der Waals surface area contributed by atoms with Crippen LogP contribution in [0.1, 0.15) is 76.5 Å². The smallest absolute Gasteiger partial charge is 0.341 e. The van der Waals surface area contributed by atoms with Crippen LogP contribution in [0.25, 0.3) is 21.8 Å². The molecule has 4 fully saturated rings. The van der Waals surface area contributed by atoms with Gasteiger partial charge < -0.3 is 41.4 Å². The van der Waals surface area contributed by atoms with Crippen LogP contribution in [0.2, 0.25) is 0 Å². The van der Waals surface area contributed by atoms with E-state index >= 15 is 4.39 Å². The Kier molecular flexibility index (Phi) is 8.31. The number of carbonyl (C=O) groups is 2. The highest BCUT2D eigenvalue weighted by molar-refractivity contribution is 6.02. The molecule has 3 saturated carbocycles. The Morgan fingerprint density at radius 2 is 1.21 bits per heavy atom. The van der Waals surface area contributed by atoms with E-state index in [-0.39, 0.29) is 52.4 Å². The van der Waals surface area contributed by atoms with Crippen molar-refractivity contribution in [3.63, 3.8) is 0 Å². The molecule has 8 N–H and O–H groups in total. The minimum atomic E-state index is -1.54. The number of alkyl halides is 2. The number of aromatic carboxylic acids is 2. The number of carboxylic acids is 2. The zero-order chi connectivity index (χ0) is 38.7. The van der Waals surface area contributed by atoms with Crippen molar-refractivity contribution in [1.82, 2.24) is 9.13 Å². The van der Waals surface area contributed by atoms with Gasteiger partial charge in [-0.3, -0.25) is 9.59 Å². The van der Waals surface area contributed by atoms with Crippen LogP contribution < -0.4 is 33.0 Å². The second kappa shape index (κ2) is 12.2. The quantitative estimate of drug-likeness (QED) is 0.136. The van der Waals surface area contributed by atoms with Crippen molar-refractivity contribution in [2.45, 2.75) is 76.4 Å². The van der Waals surface area contributed by atoms with Crippen LogP contribution in [0.4, 0.5) is 39.0 Å². The number of hydrogen-bond acceptors (Lipinski definition) is 8. The number of nitrogens with zero attached hydrogens (tertiary/aromatic N) is 3. The molecule has 2 aromatic heterocycles. The van der Waals surface area contributed by atoms with Gasteiger partial charge >= 0.3 is 11.9 Å². The summed E-state index contributed by atoms with van der Waals surface area (Å²) in [6.45, 7) is 6.18. The first kappa shape index (κ1) is 36.2. The van der Waals surface area contributed by atoms with E-state index in [0.717, 1.165) is 19.0 Å². The van der Waals surface area contributed by atoms with Crippen molar-refractivity contribution in [2.75, 3.05) is 29.5 Å². The predicted molar refractivity (Wildman–Crippen MR) is 187 cm³/mol. The molecular formula is C36H37F5N6O6. The SMILES string of the molecule is Cc1c(F)c(F)c(N)c2c(=O)c(C(=O)O)cn([C@@H]3C[C@@H]3F)c12.Cc1c(N2C[C@H](C)[C@@H](C3(N)CC3)C2)c(F)c(N)c2c(=O)c(C(=O)O)cn([C@@H]3C[C@@H]3F)c12. The third-order valence-corrected chi connectivity index (χ3v) is 11.3. The number of nitrogens with two attached hydrogens (primary N) is 3. The van der Waals surface area contributed by atoms with Crippen LogP contribution in [0, 0.1) is 43.1 Å². The number of fused-ring (bicyclic) bond motifs is 2. The molecule has 0 bridgehead atoms. The van der Waals surface area contributed by atoms with E-state index in [1.54, 1.807) is 6.92 Å². The molecule has 2 aromatic carbocycles. The van der Waals surface area contributed by atoms with E-state index in [2.05, 4.69) is 6.92 Å². The second-order valence-corrected chi connectivity index (χ2v) is 14.8. The molecule has 4 aliphatic rings. The number of benzene rings is 2. The predicted octanol–water partition coefficient (Wildman–Crippen LogP) is 4.73. The van der Waals surface area contributed by atoms with Gasteiger partial charge in [-0.25, -0.2) is 31.5 Å². The maximum Gasteiger partial charge on any atom is 0.341 e. The zero-order valence-electron chi connectivity index (χ0n) is 28.9. The van der Waals surface area contributed by atoms with Gasteiger partial charge in [-0.05, 0) is 44.1 Å². The molecule has 53 heavy (non-hydrogen) atoms. The van der Waals surface area contributed by atoms with Gasteiger partial charge in [0.2, 0.25) is 10.9 Å². The van der Waals surface area contributed by atoms with Gasteiger partial charge in [0.05, 0.1) is 51.0 Å². The van der Waals surface area contributed by atoms with E-state index in [4.69, 9.17) is 22.3 Å². The Balaban J connectivity index is 0.000000174. The van der Waals surface area contributed by atoms with Crippen LogP contribution >= 0.6 is 0 Å². The van der Waals surface area contributed by atoms with E-state index in [1.165, 1.54) is 22.3 Å². The van der Waals surface area contributed by atoms with Crippen molar-refractivity contribution in [3.05, 3.63) is 72.5 Å². The van der Waals surface area contributed by atoms with Crippen LogP contribution in [-0.2, 0) is 0 Å². The maximum atomic E-state index is 15.6. The molecule has 0 radical (unpaired) electrons. The van der Waals surface area contributed by atoms with Gasteiger partial charge in [-0.1, -0.05) is 6.92 Å². The van der Waals surface area contributed by atoms with E-state index in [1.807, 2.05) is 4.90 Å². The van der Waals surface area contributed by atoms with E-state index in [9.17, 15) is 41.8 Å². The monoisotopic (exact) mass is 744 g/mol. The van der Waals surface area contributed by atoms with Crippen LogP contribution in [0.15, 0.2) is 22.0 Å². The molecule has 1 aliphatic heterocycles. The third kappa shape index (κ3) is 5.58. The summed E-state index contributed by atoms with van der Waals surface area (Å²) in [7, 11) is 0. The van der Waals surface area contributed by atoms with Gasteiger partial charge in [0.1, 0.15) is 23.5 Å². The minimum absolute atomic E-state index is 0.0726. The molecule has 6 atom stereocenters. The molecule has 0 amide bonds. The summed E-state index contributed by atoms with van der Waals surface area (Å²) in [6, 6.07) is -1.31. The molecule has 3 heterocycles. The van der Waals surface area contributed by atoms with Crippen molar-refractivity contribution in [1.29, 1.82) is 0 Å². The lowest BCUT2D eigenvalue weighted by Crippen LogP contribution is -2.37. The standard InChI is InChI=1S/C22H26F2N4O3.C14H11F3N2O3/c1-9-6-27(8-12(9)22(26)3-4-22)19-10(2)18-15(17(25)16(19)24)20(29)11(21(30)31)7-28(18)14-5-13(14)23;1-4-9(16)10(17)11(18)8-12(4)19(7-2-6(7)15)3-5(13(8)20)14(21)22/h7,9,12-14H,3-6,8,25-26H2,1-2H3,(H,30,31);3,6-7H,2,18H2,1H3,(H,21,22)/t9-,12-,13-,14+;6-,7+/m00/s1. The second-order valence-electron chi connectivity index (χ2n) is 14.8. The highest BCUT2D eigenvalue weighted by Crippen LogP contribution is 2.49. The van der Waals surface area contributed by atoms with Crippen molar-refractivity contribution in [2.24, 2.45) is 17.6 Å². The number of anilines is 3. The number of aryl methyl sites for hydroxylation is 2. The first-order valence-electron chi connectivity index (χ1n) is 17.1. The largest absolute Gasteiger partial charge is 0.477 e. The molecule has 3 aliphatic carbocycles. The summed E-state index contributed by atoms with van der Waals surface area (Å²) in [5.41, 5.74) is 14.3. The van der Waals surface area contributed by atoms with Crippen LogP contribution in [0.3, 0.4) is 0 Å². The van der Waals surface area contributed by atoms with Crippen LogP contribution in [0.5, 0.6) is 0 Å². The summed E-state index contributed by atoms with van der Waals surface area (Å²) in [6.07, 6.45) is 1.96. The average Bonchev–Trinajstić information content (AvgIpc) is 4.06. The van der Waals surface area contributed by atoms with Gasteiger partial charge in [-0.2, -0.15) is 0 Å². The van der Waals surface area contributed by atoms with Crippen molar-refractivity contribution in [3.8, 4) is 0 Å². The molecule has 4 aromatic rings. The Morgan fingerprint density at radius 3 is 1.62 bits per heavy atom. The lowest BCUT2D eigenvalue weighted by molar-refractivity contribution is 0.0684. The summed E-state index contributed by atoms with van der Waals surface area (Å²) in [5.74, 6) is -5.90. The fourth-order valence-corrected chi connectivity index (χ4v) is 8.04. The van der Waals surface area contributed by atoms with E-state index in [0.29, 0.717) is 24.2 Å². The Labute approximate surface area is 297 Å². The number of hydrogen-bond donors (Lipinski definition) is 5. The lowest BCUT2D eigenvalue weighted by Gasteiger charge is -2.26. The Bertz CT molecular complexity index is 2410. The van der Waals surface area contributed by atoms with Gasteiger partial charge in [-0.15, -0.1) is 0 Å². The maximum absolute atomic E-state index is 15.6. The minimum Gasteiger partial charge on any atom is -0.477 e. The van der Waals surface area contributed by atoms with Crippen molar-refractivity contribution < 1.29 is 41.8 Å². The number of nitrogen functional groups attached to an aromatic ring is 2. The zero-order valence-corrected chi connectivity index (χ0v) is 28.9. The van der Waals surface area contributed by atoms with Crippen LogP contribution in [-0.4, -0.2) is 62.3 Å². The first-order chi connectivity index (χ1) is 24.8. The summed E-state index contributed by atoms with van der Waals surface area (Å²) in [5, 5.41) is 17.9. The van der Waals surface area contributed by atoms with Gasteiger partial charge in [0, 0.05) is 49.4 Å². The normalized spacial score (nSPS) is 25.3. The number of pyridine rings is 2. The number of aromatic nitrogens is 2. The molecular weight excluding hydrogens is 707 g/mol. The fraction of sp³-hybridized carbons (Fsp3) is 0.444. The third-order valence-electron chi connectivity index (χ3n) is 11.3. The topological polar surface area (TPSA) is 200 Å². The first-order valence-corrected chi connectivity index (χ1v) is 17.1. The van der Waals surface area contributed by atoms with Crippen molar-refractivity contribution >= 4 is 50.8 Å². The molecule has 282 valence electrons. The highest BCUT2D eigenvalue weighted by atomic mass is 19.2. The molecule has 8 rings (SSSR count). The lowest BCUT2D eigenvalue weighted by atomic mass is 9.89. The number of rotatable bonds is 6. The molecule has 17 heteroatoms. The molecule has 0 unspecified atom stereocenters. The number of carboxylic acid groups (broad SMARTS) is 2. The summed E-state index contributed by atoms with van der Waals surface area (Å²) < 4.78 is 73.3. The summed E-state index contributed by atoms with van der Waals surface area (Å²) in [4.78, 5) is 49.8. The van der Waals surface area contributed by atoms with E-state index < -0.39 is 92.6 Å². The molecule has 0 spiro atoms. The fourth-order valence-electron chi connectivity index (χ4n) is 8.04. The average molecular weight is 745 g/mol. The Hall–Kier alpha value is -5.19. The number of halogens is 5. The summed E-state index contributed by atoms with van der Waals surface area (Å²) >= 11 is 0. The van der Waals surface area contributed by atoms with Gasteiger partial charge in [0.25, 0.3) is 0 Å².